The van der Waals surface area contributed by atoms with Crippen molar-refractivity contribution in [2.45, 2.75) is 4.90 Å². The summed E-state index contributed by atoms with van der Waals surface area (Å²) in [6.45, 7) is 0. The number of hydrogen-bond acceptors (Lipinski definition) is 4. The van der Waals surface area contributed by atoms with Gasteiger partial charge in [-0.1, -0.05) is 59.8 Å². The monoisotopic (exact) mass is 462 g/mol. The van der Waals surface area contributed by atoms with Crippen LogP contribution in [0.2, 0.25) is 5.02 Å². The second-order valence-electron chi connectivity index (χ2n) is 6.73. The Labute approximate surface area is 189 Å². The van der Waals surface area contributed by atoms with E-state index in [1.165, 1.54) is 24.4 Å². The van der Waals surface area contributed by atoms with Crippen LogP contribution in [0.3, 0.4) is 0 Å². The van der Waals surface area contributed by atoms with Crippen LogP contribution in [0.4, 0.5) is 5.69 Å². The van der Waals surface area contributed by atoms with Gasteiger partial charge in [-0.25, -0.2) is 18.2 Å². The Morgan fingerprint density at radius 1 is 0.906 bits per heavy atom. The van der Waals surface area contributed by atoms with Gasteiger partial charge < -0.3 is 5.11 Å². The number of pyridine rings is 1. The molecule has 0 aliphatic heterocycles. The van der Waals surface area contributed by atoms with Gasteiger partial charge in [0.05, 0.1) is 10.6 Å². The lowest BCUT2D eigenvalue weighted by atomic mass is 10.1. The lowest BCUT2D eigenvalue weighted by Crippen LogP contribution is -2.14. The molecule has 0 unspecified atom stereocenters. The molecule has 0 amide bonds. The number of aromatic nitrogens is 1. The van der Waals surface area contributed by atoms with E-state index >= 15 is 0 Å². The molecule has 0 fully saturated rings. The lowest BCUT2D eigenvalue weighted by Gasteiger charge is -2.12. The van der Waals surface area contributed by atoms with E-state index in [4.69, 9.17) is 16.7 Å². The first-order chi connectivity index (χ1) is 15.3. The number of para-hydroxylation sites is 1. The third-order valence-electron chi connectivity index (χ3n) is 4.61. The summed E-state index contributed by atoms with van der Waals surface area (Å²) in [6, 6.07) is 19.7. The van der Waals surface area contributed by atoms with Crippen LogP contribution in [0.15, 0.2) is 83.9 Å². The normalized spacial score (nSPS) is 10.9. The largest absolute Gasteiger partial charge is 0.477 e. The molecule has 32 heavy (non-hydrogen) atoms. The zero-order valence-electron chi connectivity index (χ0n) is 16.4. The van der Waals surface area contributed by atoms with E-state index in [1.54, 1.807) is 54.6 Å². The predicted molar refractivity (Wildman–Crippen MR) is 123 cm³/mol. The van der Waals surface area contributed by atoms with Crippen LogP contribution in [0.1, 0.15) is 21.6 Å². The van der Waals surface area contributed by atoms with Crippen LogP contribution in [-0.2, 0) is 10.0 Å². The van der Waals surface area contributed by atoms with E-state index in [-0.39, 0.29) is 10.6 Å². The molecule has 158 valence electrons. The number of benzene rings is 3. The molecule has 0 saturated carbocycles. The van der Waals surface area contributed by atoms with E-state index in [0.717, 1.165) is 0 Å². The molecule has 0 spiro atoms. The van der Waals surface area contributed by atoms with Crippen LogP contribution < -0.4 is 4.72 Å². The average Bonchev–Trinajstić information content (AvgIpc) is 2.78. The van der Waals surface area contributed by atoms with E-state index in [0.29, 0.717) is 32.6 Å². The zero-order valence-corrected chi connectivity index (χ0v) is 18.0. The number of carboxylic acid groups (broad SMARTS) is 1. The molecule has 0 atom stereocenters. The van der Waals surface area contributed by atoms with E-state index < -0.39 is 16.0 Å². The number of carboxylic acids is 1. The fraction of sp³-hybridized carbons (Fsp3) is 0. The van der Waals surface area contributed by atoms with E-state index in [2.05, 4.69) is 21.5 Å². The van der Waals surface area contributed by atoms with Crippen LogP contribution in [-0.4, -0.2) is 24.5 Å². The average molecular weight is 463 g/mol. The predicted octanol–water partition coefficient (Wildman–Crippen LogP) is 4.79. The first kappa shape index (κ1) is 21.4. The van der Waals surface area contributed by atoms with Crippen molar-refractivity contribution in [1.82, 2.24) is 4.98 Å². The number of halogens is 1. The molecule has 4 aromatic rings. The van der Waals surface area contributed by atoms with Crippen molar-refractivity contribution >= 4 is 44.1 Å². The van der Waals surface area contributed by atoms with Gasteiger partial charge in [0.25, 0.3) is 10.0 Å². The molecule has 8 heteroatoms. The number of fused-ring (bicyclic) bond motifs is 1. The van der Waals surface area contributed by atoms with Gasteiger partial charge in [0.2, 0.25) is 0 Å². The minimum Gasteiger partial charge on any atom is -0.477 e. The number of nitrogens with one attached hydrogen (secondary N) is 1. The topological polar surface area (TPSA) is 96.4 Å². The second-order valence-corrected chi connectivity index (χ2v) is 8.79. The van der Waals surface area contributed by atoms with E-state index in [1.807, 2.05) is 0 Å². The van der Waals surface area contributed by atoms with Crippen molar-refractivity contribution in [3.63, 3.8) is 0 Å². The number of anilines is 1. The number of nitrogens with zero attached hydrogens (tertiary/aromatic N) is 1. The summed E-state index contributed by atoms with van der Waals surface area (Å²) in [4.78, 5) is 14.8. The molecule has 4 rings (SSSR count). The van der Waals surface area contributed by atoms with Gasteiger partial charge in [-0.15, -0.1) is 0 Å². The number of sulfonamides is 1. The first-order valence-electron chi connectivity index (χ1n) is 9.35. The van der Waals surface area contributed by atoms with Crippen LogP contribution >= 0.6 is 11.6 Å². The van der Waals surface area contributed by atoms with Gasteiger partial charge in [0, 0.05) is 33.1 Å². The van der Waals surface area contributed by atoms with Gasteiger partial charge in [0.15, 0.2) is 0 Å². The molecular weight excluding hydrogens is 448 g/mol. The summed E-state index contributed by atoms with van der Waals surface area (Å²) < 4.78 is 29.0. The molecular formula is C24H15ClN2O4S. The maximum Gasteiger partial charge on any atom is 0.354 e. The fourth-order valence-corrected chi connectivity index (χ4v) is 4.63. The molecule has 3 aromatic carbocycles. The third-order valence-corrected chi connectivity index (χ3v) is 6.37. The Morgan fingerprint density at radius 2 is 1.66 bits per heavy atom. The van der Waals surface area contributed by atoms with Crippen molar-refractivity contribution in [3.8, 4) is 11.8 Å². The Bertz CT molecular complexity index is 1500. The summed E-state index contributed by atoms with van der Waals surface area (Å²) in [5, 5.41) is 10.6. The summed E-state index contributed by atoms with van der Waals surface area (Å²) in [7, 11) is -3.93. The molecule has 0 aliphatic rings. The molecule has 2 N–H and O–H groups in total. The maximum absolute atomic E-state index is 13.2. The van der Waals surface area contributed by atoms with Crippen molar-refractivity contribution in [2.75, 3.05) is 4.72 Å². The number of aromatic carboxylic acids is 1. The van der Waals surface area contributed by atoms with Gasteiger partial charge in [-0.3, -0.25) is 4.72 Å². The summed E-state index contributed by atoms with van der Waals surface area (Å²) in [5.74, 6) is 4.66. The highest BCUT2D eigenvalue weighted by Gasteiger charge is 2.19. The van der Waals surface area contributed by atoms with Gasteiger partial charge >= 0.3 is 5.97 Å². The molecule has 0 bridgehead atoms. The van der Waals surface area contributed by atoms with Gasteiger partial charge in [0.1, 0.15) is 5.69 Å². The van der Waals surface area contributed by atoms with Gasteiger partial charge in [-0.2, -0.15) is 0 Å². The minimum absolute atomic E-state index is 0.0844. The molecule has 1 aromatic heterocycles. The Kier molecular flexibility index (Phi) is 5.82. The summed E-state index contributed by atoms with van der Waals surface area (Å²) >= 11 is 6.22. The Balaban J connectivity index is 1.69. The highest BCUT2D eigenvalue weighted by atomic mass is 35.5. The molecule has 0 saturated heterocycles. The Morgan fingerprint density at radius 3 is 2.41 bits per heavy atom. The standard InChI is InChI=1S/C24H15ClN2O4S/c25-20-8-3-7-19-18(20)6-4-10-23(19)32(30,31)27-21-9-2-1-5-17(21)13-11-16-12-14-22(24(28)29)26-15-16/h1-10,12,14-15,27H,(H,28,29). The third kappa shape index (κ3) is 4.42. The molecule has 0 aliphatic carbocycles. The van der Waals surface area contributed by atoms with Crippen LogP contribution in [0.25, 0.3) is 10.8 Å². The lowest BCUT2D eigenvalue weighted by molar-refractivity contribution is 0.0690. The summed E-state index contributed by atoms with van der Waals surface area (Å²) in [6.07, 6.45) is 1.35. The number of carbonyl (C=O) groups is 1. The van der Waals surface area contributed by atoms with Crippen molar-refractivity contribution < 1.29 is 18.3 Å². The first-order valence-corrected chi connectivity index (χ1v) is 11.2. The second kappa shape index (κ2) is 8.71. The number of rotatable bonds is 4. The maximum atomic E-state index is 13.2. The quantitative estimate of drug-likeness (QED) is 0.425. The molecule has 0 radical (unpaired) electrons. The highest BCUT2D eigenvalue weighted by molar-refractivity contribution is 7.93. The number of hydrogen-bond donors (Lipinski definition) is 2. The Hall–Kier alpha value is -3.86. The van der Waals surface area contributed by atoms with Crippen LogP contribution in [0.5, 0.6) is 0 Å². The van der Waals surface area contributed by atoms with Crippen molar-refractivity contribution in [3.05, 3.63) is 101 Å². The van der Waals surface area contributed by atoms with E-state index in [9.17, 15) is 13.2 Å². The summed E-state index contributed by atoms with van der Waals surface area (Å²) in [5.41, 5.74) is 1.18. The molecule has 6 nitrogen and oxygen atoms in total. The smallest absolute Gasteiger partial charge is 0.354 e. The molecule has 1 heterocycles. The van der Waals surface area contributed by atoms with Crippen molar-refractivity contribution in [1.29, 1.82) is 0 Å². The van der Waals surface area contributed by atoms with Crippen LogP contribution in [0, 0.1) is 11.8 Å². The van der Waals surface area contributed by atoms with Crippen molar-refractivity contribution in [2.24, 2.45) is 0 Å². The highest BCUT2D eigenvalue weighted by Crippen LogP contribution is 2.30. The SMILES string of the molecule is O=C(O)c1ccc(C#Cc2ccccc2NS(=O)(=O)c2cccc3c(Cl)cccc23)cn1. The minimum atomic E-state index is -3.93. The zero-order chi connectivity index (χ0) is 22.7. The van der Waals surface area contributed by atoms with Gasteiger partial charge in [-0.05, 0) is 36.4 Å². The fourth-order valence-electron chi connectivity index (χ4n) is 3.09.